The van der Waals surface area contributed by atoms with Gasteiger partial charge in [-0.3, -0.25) is 9.36 Å². The number of nitrogens with two attached hydrogens (primary N) is 1. The third kappa shape index (κ3) is 3.74. The van der Waals surface area contributed by atoms with E-state index in [0.717, 1.165) is 12.8 Å². The summed E-state index contributed by atoms with van der Waals surface area (Å²) in [7, 11) is 0. The molecule has 0 aromatic carbocycles. The van der Waals surface area contributed by atoms with Gasteiger partial charge in [0.05, 0.1) is 12.9 Å². The van der Waals surface area contributed by atoms with Crippen LogP contribution in [-0.4, -0.2) is 60.5 Å². The number of carbonyl (C=O) groups excluding carboxylic acids is 1. The van der Waals surface area contributed by atoms with Gasteiger partial charge >= 0.3 is 0 Å². The van der Waals surface area contributed by atoms with Gasteiger partial charge in [0.1, 0.15) is 18.4 Å². The molecule has 10 nitrogen and oxygen atoms in total. The van der Waals surface area contributed by atoms with E-state index in [1.54, 1.807) is 4.57 Å². The zero-order valence-corrected chi connectivity index (χ0v) is 14.8. The number of hydrogen-bond donors (Lipinski definition) is 4. The minimum atomic E-state index is -1.32. The molecule has 5 N–H and O–H groups in total. The molecular formula is C13H17IN6O4. The maximum absolute atomic E-state index is 12.1. The molecule has 130 valence electrons. The van der Waals surface area contributed by atoms with E-state index < -0.39 is 24.7 Å². The average Bonchev–Trinajstić information content (AvgIpc) is 3.26. The number of imidazole rings is 1. The lowest BCUT2D eigenvalue weighted by molar-refractivity contribution is -0.147. The predicted octanol–water partition coefficient (Wildman–Crippen LogP) is -1.01. The summed E-state index contributed by atoms with van der Waals surface area (Å²) in [5.41, 5.74) is 6.69. The number of rotatable bonds is 7. The van der Waals surface area contributed by atoms with Crippen molar-refractivity contribution in [2.75, 3.05) is 12.3 Å². The molecule has 0 radical (unpaired) electrons. The molecule has 1 aliphatic rings. The van der Waals surface area contributed by atoms with Gasteiger partial charge in [-0.15, -0.1) is 0 Å². The SMILES string of the molecule is Nc1nc(I)nc2c1ncn2CO[C@H](C(=O)NC1CC1)[C@H](O)CO. The summed E-state index contributed by atoms with van der Waals surface area (Å²) < 4.78 is 7.52. The van der Waals surface area contributed by atoms with Gasteiger partial charge in [-0.05, 0) is 12.8 Å². The third-order valence-corrected chi connectivity index (χ3v) is 4.06. The molecule has 24 heavy (non-hydrogen) atoms. The van der Waals surface area contributed by atoms with Crippen LogP contribution < -0.4 is 11.1 Å². The molecule has 0 spiro atoms. The van der Waals surface area contributed by atoms with Crippen molar-refractivity contribution in [1.82, 2.24) is 24.8 Å². The lowest BCUT2D eigenvalue weighted by Crippen LogP contribution is -2.46. The predicted molar refractivity (Wildman–Crippen MR) is 91.6 cm³/mol. The molecule has 1 aliphatic carbocycles. The highest BCUT2D eigenvalue weighted by Gasteiger charge is 2.32. The first kappa shape index (κ1) is 17.3. The van der Waals surface area contributed by atoms with Crippen LogP contribution >= 0.6 is 22.6 Å². The number of aliphatic hydroxyl groups is 2. The Balaban J connectivity index is 1.75. The van der Waals surface area contributed by atoms with E-state index in [1.165, 1.54) is 6.33 Å². The van der Waals surface area contributed by atoms with Crippen LogP contribution in [0, 0.1) is 3.83 Å². The highest BCUT2D eigenvalue weighted by atomic mass is 127. The van der Waals surface area contributed by atoms with Crippen molar-refractivity contribution in [1.29, 1.82) is 0 Å². The van der Waals surface area contributed by atoms with Crippen LogP contribution in [0.4, 0.5) is 5.82 Å². The first-order valence-corrected chi connectivity index (χ1v) is 8.42. The number of anilines is 1. The monoisotopic (exact) mass is 448 g/mol. The molecule has 0 saturated heterocycles. The van der Waals surface area contributed by atoms with Crippen LogP contribution in [0.2, 0.25) is 0 Å². The smallest absolute Gasteiger partial charge is 0.252 e. The minimum absolute atomic E-state index is 0.0805. The maximum Gasteiger partial charge on any atom is 0.252 e. The van der Waals surface area contributed by atoms with Gasteiger partial charge in [-0.1, -0.05) is 0 Å². The van der Waals surface area contributed by atoms with Crippen molar-refractivity contribution in [3.63, 3.8) is 0 Å². The number of nitrogen functional groups attached to an aromatic ring is 1. The maximum atomic E-state index is 12.1. The van der Waals surface area contributed by atoms with E-state index in [0.29, 0.717) is 15.0 Å². The summed E-state index contributed by atoms with van der Waals surface area (Å²) in [6.07, 6.45) is 0.778. The van der Waals surface area contributed by atoms with Crippen LogP contribution in [0.3, 0.4) is 0 Å². The second-order valence-corrected chi connectivity index (χ2v) is 6.48. The first-order valence-electron chi connectivity index (χ1n) is 7.34. The Hall–Kier alpha value is -1.57. The Morgan fingerprint density at radius 3 is 2.96 bits per heavy atom. The molecule has 2 atom stereocenters. The highest BCUT2D eigenvalue weighted by Crippen LogP contribution is 2.20. The number of amides is 1. The van der Waals surface area contributed by atoms with Gasteiger partial charge in [0.15, 0.2) is 21.4 Å². The first-order chi connectivity index (χ1) is 11.5. The number of halogens is 1. The molecule has 2 aromatic heterocycles. The summed E-state index contributed by atoms with van der Waals surface area (Å²) in [5, 5.41) is 21.7. The van der Waals surface area contributed by atoms with E-state index in [2.05, 4.69) is 20.3 Å². The fourth-order valence-corrected chi connectivity index (χ4v) is 2.65. The van der Waals surface area contributed by atoms with Gasteiger partial charge in [0, 0.05) is 28.6 Å². The molecule has 1 fully saturated rings. The summed E-state index contributed by atoms with van der Waals surface area (Å²) >= 11 is 1.94. The second-order valence-electron chi connectivity index (χ2n) is 5.51. The lowest BCUT2D eigenvalue weighted by Gasteiger charge is -2.21. The largest absolute Gasteiger partial charge is 0.394 e. The second kappa shape index (κ2) is 7.13. The number of carbonyl (C=O) groups is 1. The topological polar surface area (TPSA) is 148 Å². The highest BCUT2D eigenvalue weighted by molar-refractivity contribution is 14.1. The Morgan fingerprint density at radius 1 is 1.54 bits per heavy atom. The fourth-order valence-electron chi connectivity index (χ4n) is 2.16. The number of nitrogens with one attached hydrogen (secondary N) is 1. The van der Waals surface area contributed by atoms with Crippen LogP contribution in [0.5, 0.6) is 0 Å². The number of aliphatic hydroxyl groups excluding tert-OH is 2. The standard InChI is InChI=1S/C13H17IN6O4/c14-13-18-10(15)8-11(19-13)20(4-16-8)5-24-9(7(22)3-21)12(23)17-6-1-2-6/h4,6-7,9,21-22H,1-3,5H2,(H,17,23)(H2,15,18,19)/t7-,9+/m1/s1. The molecule has 11 heteroatoms. The van der Waals surface area contributed by atoms with Gasteiger partial charge in [0.2, 0.25) is 0 Å². The van der Waals surface area contributed by atoms with Crippen molar-refractivity contribution >= 4 is 45.5 Å². The number of hydrogen-bond acceptors (Lipinski definition) is 8. The van der Waals surface area contributed by atoms with Gasteiger partial charge in [-0.25, -0.2) is 15.0 Å². The Bertz CT molecular complexity index is 749. The van der Waals surface area contributed by atoms with E-state index in [9.17, 15) is 9.90 Å². The van der Waals surface area contributed by atoms with Crippen molar-refractivity contribution in [3.8, 4) is 0 Å². The lowest BCUT2D eigenvalue weighted by atomic mass is 10.2. The Labute approximate surface area is 150 Å². The zero-order valence-electron chi connectivity index (χ0n) is 12.6. The van der Waals surface area contributed by atoms with E-state index >= 15 is 0 Å². The summed E-state index contributed by atoms with van der Waals surface area (Å²) in [6.45, 7) is -0.663. The molecule has 1 saturated carbocycles. The third-order valence-electron chi connectivity index (χ3n) is 3.58. The van der Waals surface area contributed by atoms with Gasteiger partial charge < -0.3 is 26.0 Å². The van der Waals surface area contributed by atoms with Gasteiger partial charge in [0.25, 0.3) is 5.91 Å². The molecule has 2 aromatic rings. The van der Waals surface area contributed by atoms with Crippen LogP contribution in [-0.2, 0) is 16.3 Å². The molecule has 0 unspecified atom stereocenters. The van der Waals surface area contributed by atoms with Crippen LogP contribution in [0.25, 0.3) is 11.2 Å². The minimum Gasteiger partial charge on any atom is -0.394 e. The van der Waals surface area contributed by atoms with E-state index in [4.69, 9.17) is 15.6 Å². The van der Waals surface area contributed by atoms with Crippen molar-refractivity contribution in [3.05, 3.63) is 10.2 Å². The van der Waals surface area contributed by atoms with E-state index in [1.807, 2.05) is 22.6 Å². The number of aromatic nitrogens is 4. The van der Waals surface area contributed by atoms with Crippen LogP contribution in [0.15, 0.2) is 6.33 Å². The quantitative estimate of drug-likeness (QED) is 0.311. The number of nitrogens with zero attached hydrogens (tertiary/aromatic N) is 4. The summed E-state index contributed by atoms with van der Waals surface area (Å²) in [4.78, 5) is 24.5. The van der Waals surface area contributed by atoms with Crippen molar-refractivity contribution in [2.24, 2.45) is 0 Å². The van der Waals surface area contributed by atoms with E-state index in [-0.39, 0.29) is 18.6 Å². The zero-order chi connectivity index (χ0) is 17.3. The molecule has 3 rings (SSSR count). The summed E-state index contributed by atoms with van der Waals surface area (Å²) in [5.74, 6) is -0.200. The number of fused-ring (bicyclic) bond motifs is 1. The van der Waals surface area contributed by atoms with Crippen molar-refractivity contribution in [2.45, 2.75) is 37.8 Å². The summed E-state index contributed by atoms with van der Waals surface area (Å²) in [6, 6.07) is 0.123. The molecule has 2 heterocycles. The molecule has 0 bridgehead atoms. The van der Waals surface area contributed by atoms with Crippen LogP contribution in [0.1, 0.15) is 12.8 Å². The average molecular weight is 448 g/mol. The normalized spacial score (nSPS) is 17.0. The van der Waals surface area contributed by atoms with Gasteiger partial charge in [-0.2, -0.15) is 0 Å². The van der Waals surface area contributed by atoms with Crippen molar-refractivity contribution < 1.29 is 19.7 Å². The molecule has 0 aliphatic heterocycles. The molecule has 1 amide bonds. The Morgan fingerprint density at radius 2 is 2.29 bits per heavy atom. The Kier molecular flexibility index (Phi) is 5.12. The molecular weight excluding hydrogens is 431 g/mol. The number of ether oxygens (including phenoxy) is 1. The fraction of sp³-hybridized carbons (Fsp3) is 0.538.